The van der Waals surface area contributed by atoms with Crippen LogP contribution in [0.25, 0.3) is 0 Å². The number of carbonyl (C=O) groups excluding carboxylic acids is 1. The van der Waals surface area contributed by atoms with Crippen LogP contribution >= 0.6 is 0 Å². The van der Waals surface area contributed by atoms with E-state index >= 15 is 0 Å². The normalized spacial score (nSPS) is 13.5. The van der Waals surface area contributed by atoms with E-state index in [2.05, 4.69) is 10.6 Å². The molecule has 2 unspecified atom stereocenters. The van der Waals surface area contributed by atoms with Gasteiger partial charge in [-0.05, 0) is 44.5 Å². The lowest BCUT2D eigenvalue weighted by Crippen LogP contribution is -2.38. The number of rotatable bonds is 6. The van der Waals surface area contributed by atoms with Gasteiger partial charge < -0.3 is 15.4 Å². The summed E-state index contributed by atoms with van der Waals surface area (Å²) < 4.78 is 28.4. The van der Waals surface area contributed by atoms with Crippen molar-refractivity contribution in [1.82, 2.24) is 10.6 Å². The summed E-state index contributed by atoms with van der Waals surface area (Å²) in [5.74, 6) is 0.720. The lowest BCUT2D eigenvalue weighted by Gasteiger charge is -2.20. The molecule has 7 heteroatoms. The number of sulfone groups is 1. The van der Waals surface area contributed by atoms with Crippen LogP contribution in [0.15, 0.2) is 47.4 Å². The highest BCUT2D eigenvalue weighted by molar-refractivity contribution is 7.90. The van der Waals surface area contributed by atoms with Crippen molar-refractivity contribution in [2.24, 2.45) is 0 Å². The third-order valence-corrected chi connectivity index (χ3v) is 5.48. The third kappa shape index (κ3) is 5.47. The molecule has 0 radical (unpaired) electrons. The van der Waals surface area contributed by atoms with E-state index < -0.39 is 9.84 Å². The van der Waals surface area contributed by atoms with Gasteiger partial charge in [0.2, 0.25) is 0 Å². The molecule has 0 fully saturated rings. The molecule has 146 valence electrons. The average Bonchev–Trinajstić information content (AvgIpc) is 2.60. The number of benzene rings is 2. The molecule has 0 bridgehead atoms. The van der Waals surface area contributed by atoms with Gasteiger partial charge in [0.15, 0.2) is 9.84 Å². The second kappa shape index (κ2) is 8.43. The van der Waals surface area contributed by atoms with E-state index in [9.17, 15) is 13.2 Å². The highest BCUT2D eigenvalue weighted by atomic mass is 32.2. The Hall–Kier alpha value is -2.54. The van der Waals surface area contributed by atoms with Gasteiger partial charge in [-0.1, -0.05) is 29.8 Å². The number of methoxy groups -OCH3 is 1. The van der Waals surface area contributed by atoms with E-state index in [-0.39, 0.29) is 23.0 Å². The molecule has 2 atom stereocenters. The molecule has 2 rings (SSSR count). The first-order valence-corrected chi connectivity index (χ1v) is 10.5. The first-order valence-electron chi connectivity index (χ1n) is 8.63. The van der Waals surface area contributed by atoms with Crippen LogP contribution in [0.5, 0.6) is 5.75 Å². The topological polar surface area (TPSA) is 84.5 Å². The summed E-state index contributed by atoms with van der Waals surface area (Å²) in [6.45, 7) is 5.72. The van der Waals surface area contributed by atoms with Gasteiger partial charge in [0.1, 0.15) is 5.75 Å². The molecule has 0 spiro atoms. The number of carbonyl (C=O) groups is 1. The minimum atomic E-state index is -3.24. The Balaban J connectivity index is 2.03. The van der Waals surface area contributed by atoms with Gasteiger partial charge in [-0.3, -0.25) is 0 Å². The minimum absolute atomic E-state index is 0.236. The predicted molar refractivity (Wildman–Crippen MR) is 106 cm³/mol. The molecule has 2 N–H and O–H groups in total. The lowest BCUT2D eigenvalue weighted by molar-refractivity contribution is 0.234. The quantitative estimate of drug-likeness (QED) is 0.790. The van der Waals surface area contributed by atoms with Crippen LogP contribution in [-0.2, 0) is 9.84 Å². The number of urea groups is 1. The van der Waals surface area contributed by atoms with E-state index in [1.54, 1.807) is 31.4 Å². The third-order valence-electron chi connectivity index (χ3n) is 4.36. The molecule has 0 aromatic heterocycles. The summed E-state index contributed by atoms with van der Waals surface area (Å²) in [5, 5.41) is 5.78. The standard InChI is InChI=1S/C20H26N2O4S/c1-13-6-11-19(26-4)18(12-13)15(3)22-20(23)21-14(2)16-7-9-17(10-8-16)27(5,24)25/h6-12,14-15H,1-5H3,(H2,21,22,23). The summed E-state index contributed by atoms with van der Waals surface area (Å²) in [7, 11) is -1.64. The molecule has 0 aliphatic rings. The largest absolute Gasteiger partial charge is 0.496 e. The van der Waals surface area contributed by atoms with E-state index in [1.165, 1.54) is 0 Å². The summed E-state index contributed by atoms with van der Waals surface area (Å²) in [6.07, 6.45) is 1.16. The Morgan fingerprint density at radius 1 is 1.00 bits per heavy atom. The molecule has 0 aliphatic heterocycles. The van der Waals surface area contributed by atoms with Crippen LogP contribution in [0.3, 0.4) is 0 Å². The van der Waals surface area contributed by atoms with Gasteiger partial charge in [-0.15, -0.1) is 0 Å². The van der Waals surface area contributed by atoms with Gasteiger partial charge in [0.05, 0.1) is 24.1 Å². The summed E-state index contributed by atoms with van der Waals surface area (Å²) in [4.78, 5) is 12.6. The van der Waals surface area contributed by atoms with Crippen molar-refractivity contribution in [2.75, 3.05) is 13.4 Å². The van der Waals surface area contributed by atoms with Crippen LogP contribution in [0.1, 0.15) is 42.6 Å². The fourth-order valence-electron chi connectivity index (χ4n) is 2.79. The van der Waals surface area contributed by atoms with Crippen molar-refractivity contribution in [2.45, 2.75) is 37.8 Å². The predicted octanol–water partition coefficient (Wildman–Crippen LogP) is 3.53. The van der Waals surface area contributed by atoms with Gasteiger partial charge in [-0.2, -0.15) is 0 Å². The SMILES string of the molecule is COc1ccc(C)cc1C(C)NC(=O)NC(C)c1ccc(S(C)(=O)=O)cc1. The minimum Gasteiger partial charge on any atom is -0.496 e. The maximum absolute atomic E-state index is 12.4. The fraction of sp³-hybridized carbons (Fsp3) is 0.350. The Morgan fingerprint density at radius 2 is 1.59 bits per heavy atom. The van der Waals surface area contributed by atoms with Crippen molar-refractivity contribution in [3.05, 3.63) is 59.2 Å². The zero-order valence-corrected chi connectivity index (χ0v) is 17.1. The number of nitrogens with one attached hydrogen (secondary N) is 2. The Labute approximate surface area is 160 Å². The Bertz CT molecular complexity index is 908. The van der Waals surface area contributed by atoms with Crippen LogP contribution < -0.4 is 15.4 Å². The van der Waals surface area contributed by atoms with Crippen LogP contribution in [0.4, 0.5) is 4.79 Å². The van der Waals surface area contributed by atoms with Gasteiger partial charge in [-0.25, -0.2) is 13.2 Å². The smallest absolute Gasteiger partial charge is 0.315 e. The van der Waals surface area contributed by atoms with Crippen molar-refractivity contribution in [1.29, 1.82) is 0 Å². The van der Waals surface area contributed by atoms with E-state index in [0.717, 1.165) is 28.7 Å². The molecule has 6 nitrogen and oxygen atoms in total. The fourth-order valence-corrected chi connectivity index (χ4v) is 3.42. The second-order valence-corrected chi connectivity index (χ2v) is 8.66. The molecule has 0 saturated heterocycles. The maximum Gasteiger partial charge on any atom is 0.315 e. The number of ether oxygens (including phenoxy) is 1. The molecular formula is C20H26N2O4S. The molecule has 2 aromatic carbocycles. The molecule has 2 aromatic rings. The summed E-state index contributed by atoms with van der Waals surface area (Å²) in [6, 6.07) is 11.5. The monoisotopic (exact) mass is 390 g/mol. The zero-order valence-electron chi connectivity index (χ0n) is 16.2. The molecule has 27 heavy (non-hydrogen) atoms. The number of hydrogen-bond acceptors (Lipinski definition) is 4. The summed E-state index contributed by atoms with van der Waals surface area (Å²) >= 11 is 0. The van der Waals surface area contributed by atoms with E-state index in [0.29, 0.717) is 0 Å². The highest BCUT2D eigenvalue weighted by Gasteiger charge is 2.16. The van der Waals surface area contributed by atoms with Gasteiger partial charge in [0.25, 0.3) is 0 Å². The lowest BCUT2D eigenvalue weighted by atomic mass is 10.0. The van der Waals surface area contributed by atoms with Crippen molar-refractivity contribution in [3.8, 4) is 5.75 Å². The van der Waals surface area contributed by atoms with Crippen LogP contribution in [-0.4, -0.2) is 27.8 Å². The van der Waals surface area contributed by atoms with Crippen LogP contribution in [0.2, 0.25) is 0 Å². The van der Waals surface area contributed by atoms with E-state index in [4.69, 9.17) is 4.74 Å². The van der Waals surface area contributed by atoms with Crippen molar-refractivity contribution >= 4 is 15.9 Å². The average molecular weight is 391 g/mol. The number of hydrogen-bond donors (Lipinski definition) is 2. The molecule has 0 heterocycles. The molecule has 2 amide bonds. The van der Waals surface area contributed by atoms with Crippen molar-refractivity contribution in [3.63, 3.8) is 0 Å². The maximum atomic E-state index is 12.4. The first-order chi connectivity index (χ1) is 12.6. The highest BCUT2D eigenvalue weighted by Crippen LogP contribution is 2.26. The number of amides is 2. The molecular weight excluding hydrogens is 364 g/mol. The number of aryl methyl sites for hydroxylation is 1. The first kappa shape index (κ1) is 20.8. The van der Waals surface area contributed by atoms with Gasteiger partial charge >= 0.3 is 6.03 Å². The summed E-state index contributed by atoms with van der Waals surface area (Å²) in [5.41, 5.74) is 2.80. The molecule has 0 saturated carbocycles. The molecule has 0 aliphatic carbocycles. The zero-order chi connectivity index (χ0) is 20.2. The Morgan fingerprint density at radius 3 is 2.15 bits per heavy atom. The second-order valence-electron chi connectivity index (χ2n) is 6.65. The van der Waals surface area contributed by atoms with E-state index in [1.807, 2.05) is 39.0 Å². The Kier molecular flexibility index (Phi) is 6.49. The van der Waals surface area contributed by atoms with Crippen LogP contribution in [0, 0.1) is 6.92 Å². The van der Waals surface area contributed by atoms with Gasteiger partial charge in [0, 0.05) is 11.8 Å². The van der Waals surface area contributed by atoms with Crippen molar-refractivity contribution < 1.29 is 17.9 Å².